The SMILES string of the molecule is Cc1ccc(OS(=O)(=O)C(c2cc(C)c([C@@H]3CN[C@H](C(=O)N4CCC[C@H]4C#N)C3)c(C)c2)S(=O)(=O)Oc2ccc(C)cc2)cc1. The molecule has 0 saturated carbocycles. The second-order valence-corrected chi connectivity index (χ2v) is 15.4. The Hall–Kier alpha value is -3.92. The fourth-order valence-electron chi connectivity index (χ4n) is 6.32. The number of aryl methyl sites for hydroxylation is 4. The summed E-state index contributed by atoms with van der Waals surface area (Å²) in [7, 11) is -9.66. The van der Waals surface area contributed by atoms with Gasteiger partial charge < -0.3 is 18.6 Å². The van der Waals surface area contributed by atoms with Gasteiger partial charge in [0.1, 0.15) is 17.5 Å². The molecule has 12 heteroatoms. The maximum atomic E-state index is 13.8. The van der Waals surface area contributed by atoms with Gasteiger partial charge in [0, 0.05) is 13.1 Å². The Morgan fingerprint density at radius 3 is 1.89 bits per heavy atom. The van der Waals surface area contributed by atoms with E-state index >= 15 is 0 Å². The molecule has 0 bridgehead atoms. The first kappa shape index (κ1) is 32.5. The molecule has 1 N–H and O–H groups in total. The molecular weight excluding hydrogens is 615 g/mol. The minimum Gasteiger partial charge on any atom is -0.381 e. The second-order valence-electron chi connectivity index (χ2n) is 11.9. The Labute approximate surface area is 265 Å². The van der Waals surface area contributed by atoms with E-state index in [-0.39, 0.29) is 28.9 Å². The molecule has 3 aromatic carbocycles. The normalized spacial score (nSPS) is 20.3. The summed E-state index contributed by atoms with van der Waals surface area (Å²) in [6.45, 7) is 8.33. The zero-order chi connectivity index (χ0) is 32.5. The summed E-state index contributed by atoms with van der Waals surface area (Å²) in [6, 6.07) is 16.9. The zero-order valence-corrected chi connectivity index (χ0v) is 27.3. The van der Waals surface area contributed by atoms with Crippen molar-refractivity contribution in [2.24, 2.45) is 0 Å². The molecule has 2 fully saturated rings. The van der Waals surface area contributed by atoms with Gasteiger partial charge in [-0.25, -0.2) is 0 Å². The molecule has 5 rings (SSSR count). The van der Waals surface area contributed by atoms with Gasteiger partial charge in [-0.2, -0.15) is 22.1 Å². The average Bonchev–Trinajstić information content (AvgIpc) is 3.65. The molecule has 45 heavy (non-hydrogen) atoms. The minimum atomic E-state index is -4.83. The van der Waals surface area contributed by atoms with Crippen molar-refractivity contribution in [3.8, 4) is 17.6 Å². The molecule has 1 amide bonds. The lowest BCUT2D eigenvalue weighted by atomic mass is 9.87. The van der Waals surface area contributed by atoms with Crippen LogP contribution in [-0.2, 0) is 25.0 Å². The first-order valence-electron chi connectivity index (χ1n) is 14.8. The molecular formula is C33H37N3O7S2. The number of nitriles is 1. The van der Waals surface area contributed by atoms with Crippen LogP contribution in [0.4, 0.5) is 0 Å². The van der Waals surface area contributed by atoms with Crippen LogP contribution in [0.25, 0.3) is 0 Å². The number of hydrogen-bond donors (Lipinski definition) is 1. The summed E-state index contributed by atoms with van der Waals surface area (Å²) in [6.07, 6.45) is 1.97. The molecule has 2 aliphatic rings. The number of nitrogens with zero attached hydrogens (tertiary/aromatic N) is 2. The van der Waals surface area contributed by atoms with E-state index in [1.807, 2.05) is 13.8 Å². The maximum absolute atomic E-state index is 13.8. The first-order chi connectivity index (χ1) is 21.3. The molecule has 2 heterocycles. The number of hydrogen-bond acceptors (Lipinski definition) is 9. The van der Waals surface area contributed by atoms with Crippen LogP contribution in [0.3, 0.4) is 0 Å². The molecule has 0 aromatic heterocycles. The smallest absolute Gasteiger partial charge is 0.334 e. The Morgan fingerprint density at radius 2 is 1.40 bits per heavy atom. The Morgan fingerprint density at radius 1 is 0.889 bits per heavy atom. The number of rotatable bonds is 9. The van der Waals surface area contributed by atoms with E-state index in [1.165, 1.54) is 24.3 Å². The molecule has 0 spiro atoms. The van der Waals surface area contributed by atoms with Crippen LogP contribution >= 0.6 is 0 Å². The Balaban J connectivity index is 1.48. The standard InChI is InChI=1S/C33H37N3O7S2/c1-21-7-11-28(12-8-21)42-44(38,39)33(45(40,41)43-29-13-9-22(2)10-14-29)25-16-23(3)31(24(4)17-25)26-18-30(35-20-26)32(37)36-15-5-6-27(36)19-34/h7-14,16-17,26-27,30,33,35H,5-6,15,18,20H2,1-4H3/t26-,27-,30-/m0/s1. The maximum Gasteiger partial charge on any atom is 0.334 e. The van der Waals surface area contributed by atoms with Gasteiger partial charge in [-0.3, -0.25) is 4.79 Å². The van der Waals surface area contributed by atoms with Crippen molar-refractivity contribution in [1.82, 2.24) is 10.2 Å². The van der Waals surface area contributed by atoms with Crippen LogP contribution in [-0.4, -0.2) is 52.8 Å². The van der Waals surface area contributed by atoms with Crippen molar-refractivity contribution in [1.29, 1.82) is 5.26 Å². The Kier molecular flexibility index (Phi) is 9.26. The summed E-state index contributed by atoms with van der Waals surface area (Å²) in [4.78, 5) is 14.9. The van der Waals surface area contributed by atoms with Crippen molar-refractivity contribution in [2.75, 3.05) is 13.1 Å². The highest BCUT2D eigenvalue weighted by Gasteiger charge is 2.44. The molecule has 2 saturated heterocycles. The van der Waals surface area contributed by atoms with Crippen LogP contribution in [0, 0.1) is 39.0 Å². The highest BCUT2D eigenvalue weighted by atomic mass is 32.3. The summed E-state index contributed by atoms with van der Waals surface area (Å²) in [5.74, 6) is -0.209. The topological polar surface area (TPSA) is 143 Å². The van der Waals surface area contributed by atoms with Crippen molar-refractivity contribution in [2.45, 2.75) is 69.5 Å². The molecule has 0 radical (unpaired) electrons. The Bertz CT molecular complexity index is 1730. The lowest BCUT2D eigenvalue weighted by molar-refractivity contribution is -0.133. The van der Waals surface area contributed by atoms with Gasteiger partial charge in [0.25, 0.3) is 4.58 Å². The first-order valence-corrected chi connectivity index (χ1v) is 17.8. The van der Waals surface area contributed by atoms with E-state index in [1.54, 1.807) is 55.1 Å². The van der Waals surface area contributed by atoms with E-state index < -0.39 is 36.9 Å². The number of nitrogens with one attached hydrogen (secondary N) is 1. The predicted octanol–water partition coefficient (Wildman–Crippen LogP) is 4.70. The van der Waals surface area contributed by atoms with Crippen molar-refractivity contribution in [3.05, 3.63) is 94.0 Å². The zero-order valence-electron chi connectivity index (χ0n) is 25.7. The van der Waals surface area contributed by atoms with Gasteiger partial charge in [0.15, 0.2) is 0 Å². The van der Waals surface area contributed by atoms with Crippen molar-refractivity contribution < 1.29 is 30.0 Å². The molecule has 3 atom stereocenters. The van der Waals surface area contributed by atoms with E-state index in [9.17, 15) is 26.9 Å². The average molecular weight is 652 g/mol. The summed E-state index contributed by atoms with van der Waals surface area (Å²) >= 11 is 0. The minimum absolute atomic E-state index is 0.0134. The highest BCUT2D eigenvalue weighted by Crippen LogP contribution is 2.38. The molecule has 10 nitrogen and oxygen atoms in total. The van der Waals surface area contributed by atoms with Gasteiger partial charge in [-0.05, 0) is 99.4 Å². The number of benzene rings is 3. The van der Waals surface area contributed by atoms with Gasteiger partial charge in [0.05, 0.1) is 12.1 Å². The van der Waals surface area contributed by atoms with E-state index in [0.29, 0.717) is 37.1 Å². The number of amides is 1. The highest BCUT2D eigenvalue weighted by molar-refractivity contribution is 8.04. The summed E-state index contributed by atoms with van der Waals surface area (Å²) < 4.78 is 63.7. The van der Waals surface area contributed by atoms with Gasteiger partial charge in [-0.1, -0.05) is 47.5 Å². The number of carbonyl (C=O) groups is 1. The quantitative estimate of drug-likeness (QED) is 0.326. The summed E-state index contributed by atoms with van der Waals surface area (Å²) in [5.41, 5.74) is 4.02. The molecule has 238 valence electrons. The van der Waals surface area contributed by atoms with Crippen LogP contribution in [0.1, 0.15) is 63.1 Å². The van der Waals surface area contributed by atoms with Crippen LogP contribution < -0.4 is 13.7 Å². The predicted molar refractivity (Wildman–Crippen MR) is 170 cm³/mol. The van der Waals surface area contributed by atoms with Crippen LogP contribution in [0.5, 0.6) is 11.5 Å². The molecule has 3 aromatic rings. The van der Waals surface area contributed by atoms with Crippen LogP contribution in [0.2, 0.25) is 0 Å². The summed E-state index contributed by atoms with van der Waals surface area (Å²) in [5, 5.41) is 12.7. The van der Waals surface area contributed by atoms with Gasteiger partial charge in [-0.15, -0.1) is 0 Å². The molecule has 0 aliphatic carbocycles. The third kappa shape index (κ3) is 7.01. The van der Waals surface area contributed by atoms with E-state index in [4.69, 9.17) is 8.37 Å². The fraction of sp³-hybridized carbons (Fsp3) is 0.394. The third-order valence-corrected chi connectivity index (χ3v) is 12.3. The largest absolute Gasteiger partial charge is 0.381 e. The lowest BCUT2D eigenvalue weighted by Crippen LogP contribution is -2.45. The number of carbonyl (C=O) groups excluding carboxylic acids is 1. The fourth-order valence-corrected chi connectivity index (χ4v) is 9.58. The second kappa shape index (κ2) is 12.8. The van der Waals surface area contributed by atoms with E-state index in [0.717, 1.165) is 23.1 Å². The van der Waals surface area contributed by atoms with Crippen LogP contribution in [0.15, 0.2) is 60.7 Å². The number of likely N-dealkylation sites (tertiary alicyclic amines) is 1. The lowest BCUT2D eigenvalue weighted by Gasteiger charge is -2.24. The van der Waals surface area contributed by atoms with Gasteiger partial charge in [0.2, 0.25) is 5.91 Å². The van der Waals surface area contributed by atoms with E-state index in [2.05, 4.69) is 11.4 Å². The molecule has 0 unspecified atom stereocenters. The van der Waals surface area contributed by atoms with Crippen molar-refractivity contribution in [3.63, 3.8) is 0 Å². The monoisotopic (exact) mass is 651 g/mol. The third-order valence-electron chi connectivity index (χ3n) is 8.40. The van der Waals surface area contributed by atoms with Crippen molar-refractivity contribution >= 4 is 26.1 Å². The molecule has 2 aliphatic heterocycles. The van der Waals surface area contributed by atoms with Gasteiger partial charge >= 0.3 is 20.2 Å².